The highest BCUT2D eigenvalue weighted by Gasteiger charge is 2.52. The van der Waals surface area contributed by atoms with Gasteiger partial charge in [0.1, 0.15) is 0 Å². The molecule has 0 spiro atoms. The third-order valence-electron chi connectivity index (χ3n) is 8.72. The fourth-order valence-corrected chi connectivity index (χ4v) is 6.67. The minimum absolute atomic E-state index is 0.0168. The molecule has 10 heteroatoms. The molecule has 0 radical (unpaired) electrons. The first-order valence-corrected chi connectivity index (χ1v) is 15.5. The van der Waals surface area contributed by atoms with Gasteiger partial charge in [-0.25, -0.2) is 0 Å². The summed E-state index contributed by atoms with van der Waals surface area (Å²) in [7, 11) is 0. The summed E-state index contributed by atoms with van der Waals surface area (Å²) >= 11 is 3.49. The molecule has 0 bridgehead atoms. The average molecular weight is 640 g/mol. The summed E-state index contributed by atoms with van der Waals surface area (Å²) < 4.78 is 0.742. The number of piperidine rings is 1. The largest absolute Gasteiger partial charge is 0.394 e. The van der Waals surface area contributed by atoms with Crippen molar-refractivity contribution in [1.29, 1.82) is 0 Å². The van der Waals surface area contributed by atoms with Crippen molar-refractivity contribution < 1.29 is 24.6 Å². The van der Waals surface area contributed by atoms with E-state index >= 15 is 0 Å². The number of aliphatic hydroxyl groups excluding tert-OH is 1. The van der Waals surface area contributed by atoms with Gasteiger partial charge in [0.15, 0.2) is 5.60 Å². The molecule has 4 N–H and O–H groups in total. The molecule has 2 fully saturated rings. The van der Waals surface area contributed by atoms with Crippen LogP contribution >= 0.6 is 15.9 Å². The number of rotatable bonds is 9. The number of amides is 3. The topological polar surface area (TPSA) is 122 Å². The number of carbonyl (C=O) groups excluding carboxylic acids is 3. The van der Waals surface area contributed by atoms with Crippen molar-refractivity contribution in [1.82, 2.24) is 10.2 Å². The van der Waals surface area contributed by atoms with Crippen molar-refractivity contribution in [2.24, 2.45) is 11.8 Å². The number of aliphatic hydroxyl groups is 2. The number of nitrogens with one attached hydrogen (secondary N) is 2. The fraction of sp³-hybridized carbons (Fsp3) is 0.469. The normalized spacial score (nSPS) is 24.7. The second-order valence-electron chi connectivity index (χ2n) is 11.5. The molecule has 3 heterocycles. The molecular weight excluding hydrogens is 600 g/mol. The van der Waals surface area contributed by atoms with E-state index in [-0.39, 0.29) is 43.3 Å². The second-order valence-corrected chi connectivity index (χ2v) is 12.5. The van der Waals surface area contributed by atoms with E-state index in [0.29, 0.717) is 30.0 Å². The highest BCUT2D eigenvalue weighted by atomic mass is 79.9. The van der Waals surface area contributed by atoms with Crippen LogP contribution in [0.2, 0.25) is 0 Å². The Balaban J connectivity index is 1.32. The average Bonchev–Trinajstić information content (AvgIpc) is 3.56. The molecule has 5 rings (SSSR count). The van der Waals surface area contributed by atoms with Crippen LogP contribution in [0.3, 0.4) is 0 Å². The van der Waals surface area contributed by atoms with E-state index in [2.05, 4.69) is 26.6 Å². The lowest BCUT2D eigenvalue weighted by molar-refractivity contribution is -0.139. The molecule has 0 aromatic heterocycles. The Morgan fingerprint density at radius 3 is 2.81 bits per heavy atom. The Hall–Kier alpha value is -3.05. The van der Waals surface area contributed by atoms with Crippen LogP contribution in [-0.2, 0) is 26.5 Å². The van der Waals surface area contributed by atoms with Crippen LogP contribution in [-0.4, -0.2) is 65.1 Å². The number of nitrogens with zero attached hydrogens (tertiary/aromatic N) is 2. The number of halogens is 1. The van der Waals surface area contributed by atoms with Crippen molar-refractivity contribution in [3.8, 4) is 0 Å². The molecule has 2 saturated heterocycles. The van der Waals surface area contributed by atoms with Crippen LogP contribution in [0.4, 0.5) is 11.4 Å². The molecule has 3 aliphatic rings. The van der Waals surface area contributed by atoms with Gasteiger partial charge in [-0.1, -0.05) is 47.1 Å². The van der Waals surface area contributed by atoms with Crippen LogP contribution < -0.4 is 15.5 Å². The number of hydrogen-bond donors (Lipinski definition) is 4. The number of likely N-dealkylation sites (tertiary alicyclic amines) is 1. The number of fused-ring (bicyclic) bond motifs is 1. The first kappa shape index (κ1) is 30.4. The van der Waals surface area contributed by atoms with Crippen molar-refractivity contribution in [2.75, 3.05) is 36.5 Å². The summed E-state index contributed by atoms with van der Waals surface area (Å²) in [5.74, 6) is -1.22. The molecule has 2 aromatic rings. The van der Waals surface area contributed by atoms with E-state index in [1.165, 1.54) is 0 Å². The van der Waals surface area contributed by atoms with Crippen LogP contribution in [0.25, 0.3) is 0 Å². The van der Waals surface area contributed by atoms with Gasteiger partial charge in [0, 0.05) is 41.2 Å². The lowest BCUT2D eigenvalue weighted by atomic mass is 9.83. The third kappa shape index (κ3) is 6.17. The number of carbonyl (C=O) groups is 3. The SMILES string of the molecule is C[C@@H](/C=C/CC(=O)N1CCC[C@H]1CO)[C@]1(O)C(=O)N(Cc2cccc(NC(=O)C3CCCNC3)c2)c2ccc(Br)cc21. The van der Waals surface area contributed by atoms with Crippen LogP contribution in [0.1, 0.15) is 50.2 Å². The molecular formula is C32H39BrN4O5. The van der Waals surface area contributed by atoms with Gasteiger partial charge in [0.05, 0.1) is 30.8 Å². The minimum Gasteiger partial charge on any atom is -0.394 e. The molecule has 0 aliphatic carbocycles. The third-order valence-corrected chi connectivity index (χ3v) is 9.21. The summed E-state index contributed by atoms with van der Waals surface area (Å²) in [6.45, 7) is 4.18. The van der Waals surface area contributed by atoms with E-state index in [1.807, 2.05) is 36.4 Å². The quantitative estimate of drug-likeness (QED) is 0.311. The zero-order chi connectivity index (χ0) is 29.9. The standard InChI is InChI=1S/C32H39BrN4O5/c1-21(6-2-11-29(39)36-15-5-10-26(36)20-38)32(42)27-17-24(33)12-13-28(27)37(31(32)41)19-22-7-3-9-25(16-22)35-30(40)23-8-4-14-34-18-23/h2-3,6-7,9,12-13,16-17,21,23,26,34,38,42H,4-5,8,10-11,14-15,18-20H2,1H3,(H,35,40)/b6-2+/t21-,23?,26-,32+/m0/s1. The number of anilines is 2. The van der Waals surface area contributed by atoms with Crippen molar-refractivity contribution in [3.63, 3.8) is 0 Å². The van der Waals surface area contributed by atoms with Crippen molar-refractivity contribution in [2.45, 2.75) is 57.2 Å². The van der Waals surface area contributed by atoms with Gasteiger partial charge >= 0.3 is 0 Å². The van der Waals surface area contributed by atoms with Gasteiger partial charge in [0.25, 0.3) is 5.91 Å². The highest BCUT2D eigenvalue weighted by Crippen LogP contribution is 2.46. The number of hydrogen-bond acceptors (Lipinski definition) is 6. The molecule has 4 atom stereocenters. The fourth-order valence-electron chi connectivity index (χ4n) is 6.31. The second kappa shape index (κ2) is 13.1. The van der Waals surface area contributed by atoms with Crippen LogP contribution in [0, 0.1) is 11.8 Å². The van der Waals surface area contributed by atoms with E-state index in [9.17, 15) is 24.6 Å². The lowest BCUT2D eigenvalue weighted by Crippen LogP contribution is -2.44. The molecule has 224 valence electrons. The van der Waals surface area contributed by atoms with Gasteiger partial charge < -0.3 is 30.6 Å². The minimum atomic E-state index is -1.82. The van der Waals surface area contributed by atoms with Gasteiger partial charge in [-0.3, -0.25) is 14.4 Å². The van der Waals surface area contributed by atoms with Crippen molar-refractivity contribution in [3.05, 3.63) is 70.2 Å². The Morgan fingerprint density at radius 1 is 1.21 bits per heavy atom. The molecule has 9 nitrogen and oxygen atoms in total. The number of benzene rings is 2. The predicted molar refractivity (Wildman–Crippen MR) is 165 cm³/mol. The van der Waals surface area contributed by atoms with Crippen molar-refractivity contribution >= 4 is 45.0 Å². The maximum Gasteiger partial charge on any atom is 0.264 e. The van der Waals surface area contributed by atoms with Gasteiger partial charge in [-0.2, -0.15) is 0 Å². The van der Waals surface area contributed by atoms with Crippen LogP contribution in [0.5, 0.6) is 0 Å². The lowest BCUT2D eigenvalue weighted by Gasteiger charge is -2.28. The predicted octanol–water partition coefficient (Wildman–Crippen LogP) is 3.69. The molecule has 3 amide bonds. The Kier molecular flexibility index (Phi) is 9.47. The summed E-state index contributed by atoms with van der Waals surface area (Å²) in [5.41, 5.74) is 0.786. The smallest absolute Gasteiger partial charge is 0.264 e. The first-order chi connectivity index (χ1) is 20.2. The van der Waals surface area contributed by atoms with Gasteiger partial charge in [-0.05, 0) is 68.1 Å². The maximum absolute atomic E-state index is 13.9. The summed E-state index contributed by atoms with van der Waals surface area (Å²) in [6.07, 6.45) is 7.07. The zero-order valence-electron chi connectivity index (χ0n) is 23.9. The summed E-state index contributed by atoms with van der Waals surface area (Å²) in [4.78, 5) is 42.7. The van der Waals surface area contributed by atoms with E-state index in [0.717, 1.165) is 42.3 Å². The maximum atomic E-state index is 13.9. The van der Waals surface area contributed by atoms with Gasteiger partial charge in [0.2, 0.25) is 11.8 Å². The molecule has 42 heavy (non-hydrogen) atoms. The highest BCUT2D eigenvalue weighted by molar-refractivity contribution is 9.10. The molecule has 3 aliphatic heterocycles. The monoisotopic (exact) mass is 638 g/mol. The summed E-state index contributed by atoms with van der Waals surface area (Å²) in [5, 5.41) is 27.8. The summed E-state index contributed by atoms with van der Waals surface area (Å²) in [6, 6.07) is 12.7. The van der Waals surface area contributed by atoms with Gasteiger partial charge in [-0.15, -0.1) is 0 Å². The molecule has 2 aromatic carbocycles. The molecule has 0 saturated carbocycles. The first-order valence-electron chi connectivity index (χ1n) is 14.7. The molecule has 1 unspecified atom stereocenters. The zero-order valence-corrected chi connectivity index (χ0v) is 25.5. The van der Waals surface area contributed by atoms with E-state index < -0.39 is 17.4 Å². The van der Waals surface area contributed by atoms with E-state index in [1.54, 1.807) is 34.9 Å². The Labute approximate surface area is 255 Å². The Bertz CT molecular complexity index is 1360. The Morgan fingerprint density at radius 2 is 2.05 bits per heavy atom. The van der Waals surface area contributed by atoms with E-state index in [4.69, 9.17) is 0 Å². The van der Waals surface area contributed by atoms with Crippen LogP contribution in [0.15, 0.2) is 59.1 Å².